The van der Waals surface area contributed by atoms with Gasteiger partial charge in [-0.25, -0.2) is 4.68 Å². The van der Waals surface area contributed by atoms with E-state index in [-0.39, 0.29) is 29.4 Å². The minimum atomic E-state index is -0.398. The summed E-state index contributed by atoms with van der Waals surface area (Å²) in [5.41, 5.74) is 2.73. The van der Waals surface area contributed by atoms with Gasteiger partial charge >= 0.3 is 0 Å². The number of halogens is 1. The van der Waals surface area contributed by atoms with Crippen molar-refractivity contribution in [2.45, 2.75) is 44.8 Å². The molecule has 0 spiro atoms. The van der Waals surface area contributed by atoms with Gasteiger partial charge in [0.05, 0.1) is 41.6 Å². The molecule has 3 aromatic rings. The second kappa shape index (κ2) is 11.9. The maximum atomic E-state index is 13.8. The van der Waals surface area contributed by atoms with Crippen molar-refractivity contribution < 1.29 is 19.1 Å². The molecule has 0 bridgehead atoms. The molecule has 0 radical (unpaired) electrons. The number of ether oxygens (including phenoxy) is 2. The first-order chi connectivity index (χ1) is 18.6. The van der Waals surface area contributed by atoms with Crippen LogP contribution in [-0.2, 0) is 15.0 Å². The second-order valence-corrected chi connectivity index (χ2v) is 11.8. The predicted molar refractivity (Wildman–Crippen MR) is 157 cm³/mol. The number of nitrogens with zero attached hydrogens (tertiary/aromatic N) is 3. The van der Waals surface area contributed by atoms with Gasteiger partial charge in [0.2, 0.25) is 11.8 Å². The summed E-state index contributed by atoms with van der Waals surface area (Å²) < 4.78 is 13.0. The Morgan fingerprint density at radius 2 is 1.92 bits per heavy atom. The minimum absolute atomic E-state index is 0.131. The highest BCUT2D eigenvalue weighted by molar-refractivity contribution is 8.00. The van der Waals surface area contributed by atoms with E-state index in [9.17, 15) is 9.59 Å². The van der Waals surface area contributed by atoms with E-state index in [1.807, 2.05) is 43.3 Å². The van der Waals surface area contributed by atoms with Gasteiger partial charge in [0.1, 0.15) is 23.9 Å². The van der Waals surface area contributed by atoms with Gasteiger partial charge in [-0.1, -0.05) is 51.4 Å². The Labute approximate surface area is 239 Å². The molecule has 0 saturated heterocycles. The molecule has 2 aromatic carbocycles. The largest absolute Gasteiger partial charge is 0.497 e. The highest BCUT2D eigenvalue weighted by Gasteiger charge is 2.41. The van der Waals surface area contributed by atoms with E-state index in [1.54, 1.807) is 29.9 Å². The number of hydrogen-bond acceptors (Lipinski definition) is 6. The predicted octanol–water partition coefficient (Wildman–Crippen LogP) is 5.54. The zero-order chi connectivity index (χ0) is 28.3. The van der Waals surface area contributed by atoms with Gasteiger partial charge in [0.25, 0.3) is 0 Å². The van der Waals surface area contributed by atoms with Gasteiger partial charge < -0.3 is 14.8 Å². The van der Waals surface area contributed by atoms with Crippen LogP contribution in [0.15, 0.2) is 42.5 Å². The maximum absolute atomic E-state index is 13.8. The zero-order valence-corrected chi connectivity index (χ0v) is 24.8. The van der Waals surface area contributed by atoms with Gasteiger partial charge in [-0.3, -0.25) is 14.5 Å². The number of fused-ring (bicyclic) bond motifs is 1. The molecule has 0 aliphatic carbocycles. The summed E-state index contributed by atoms with van der Waals surface area (Å²) in [5, 5.41) is 8.14. The van der Waals surface area contributed by atoms with Crippen LogP contribution < -0.4 is 19.7 Å². The number of anilines is 1. The van der Waals surface area contributed by atoms with E-state index >= 15 is 0 Å². The van der Waals surface area contributed by atoms with Gasteiger partial charge in [-0.2, -0.15) is 5.10 Å². The number of benzene rings is 2. The third-order valence-corrected chi connectivity index (χ3v) is 8.03. The standard InChI is InChI=1S/C29H35ClN4O4S/c1-7-14-31-23(35)16-33-24(36)17-39-26(19-15-18(37-5)12-13-22(19)38-6)25-27(29(2,3)4)32-34(28(25)33)21-11-9-8-10-20(21)30/h8-13,15,26H,7,14,16-17H2,1-6H3,(H,31,35)/t26-/m0/s1. The number of thioether (sulfide) groups is 1. The van der Waals surface area contributed by atoms with Crippen molar-refractivity contribution in [1.29, 1.82) is 0 Å². The van der Waals surface area contributed by atoms with Gasteiger partial charge in [-0.05, 0) is 36.8 Å². The van der Waals surface area contributed by atoms with Gasteiger partial charge in [0, 0.05) is 23.1 Å². The lowest BCUT2D eigenvalue weighted by Crippen LogP contribution is -2.42. The van der Waals surface area contributed by atoms with Gasteiger partial charge in [-0.15, -0.1) is 11.8 Å². The summed E-state index contributed by atoms with van der Waals surface area (Å²) in [4.78, 5) is 28.3. The molecular formula is C29H35ClN4O4S. The Morgan fingerprint density at radius 1 is 1.18 bits per heavy atom. The summed E-state index contributed by atoms with van der Waals surface area (Å²) in [6.45, 7) is 8.64. The lowest BCUT2D eigenvalue weighted by atomic mass is 9.87. The number of carbonyl (C=O) groups excluding carboxylic acids is 2. The average Bonchev–Trinajstić information content (AvgIpc) is 3.25. The lowest BCUT2D eigenvalue weighted by molar-refractivity contribution is -0.122. The monoisotopic (exact) mass is 570 g/mol. The summed E-state index contributed by atoms with van der Waals surface area (Å²) in [5.74, 6) is 1.62. The van der Waals surface area contributed by atoms with Crippen LogP contribution in [0.1, 0.15) is 56.2 Å². The van der Waals surface area contributed by atoms with Crippen molar-refractivity contribution in [2.24, 2.45) is 0 Å². The van der Waals surface area contributed by atoms with Crippen LogP contribution in [0.3, 0.4) is 0 Å². The van der Waals surface area contributed by atoms with Crippen molar-refractivity contribution in [3.05, 3.63) is 64.3 Å². The zero-order valence-electron chi connectivity index (χ0n) is 23.2. The van der Waals surface area contributed by atoms with E-state index in [1.165, 1.54) is 11.8 Å². The SMILES string of the molecule is CCCNC(=O)CN1C(=O)CS[C@@H](c2cc(OC)ccc2OC)c2c(C(C)(C)C)nn(-c3ccccc3Cl)c21. The number of amides is 2. The second-order valence-electron chi connectivity index (χ2n) is 10.3. The highest BCUT2D eigenvalue weighted by Crippen LogP contribution is 2.51. The molecule has 0 saturated carbocycles. The van der Waals surface area contributed by atoms with Crippen molar-refractivity contribution in [3.63, 3.8) is 0 Å². The molecule has 1 N–H and O–H groups in total. The number of aromatic nitrogens is 2. The molecule has 208 valence electrons. The third-order valence-electron chi connectivity index (χ3n) is 6.47. The Balaban J connectivity index is 2.06. The van der Waals surface area contributed by atoms with E-state index in [0.29, 0.717) is 34.6 Å². The van der Waals surface area contributed by atoms with Crippen molar-refractivity contribution >= 4 is 41.0 Å². The van der Waals surface area contributed by atoms with Crippen LogP contribution in [0.4, 0.5) is 5.82 Å². The Kier molecular flexibility index (Phi) is 8.81. The van der Waals surface area contributed by atoms with E-state index < -0.39 is 5.41 Å². The van der Waals surface area contributed by atoms with Crippen LogP contribution in [-0.4, -0.2) is 54.7 Å². The molecule has 1 atom stereocenters. The fourth-order valence-corrected chi connectivity index (χ4v) is 6.05. The van der Waals surface area contributed by atoms with E-state index in [4.69, 9.17) is 26.2 Å². The first kappa shape index (κ1) is 28.8. The van der Waals surface area contributed by atoms with Crippen LogP contribution >= 0.6 is 23.4 Å². The van der Waals surface area contributed by atoms with Crippen LogP contribution in [0.25, 0.3) is 5.69 Å². The molecule has 1 aromatic heterocycles. The van der Waals surface area contributed by atoms with Gasteiger partial charge in [0.15, 0.2) is 0 Å². The molecule has 8 nitrogen and oxygen atoms in total. The number of rotatable bonds is 8. The molecule has 10 heteroatoms. The van der Waals surface area contributed by atoms with Crippen LogP contribution in [0.2, 0.25) is 5.02 Å². The summed E-state index contributed by atoms with van der Waals surface area (Å²) in [7, 11) is 3.24. The smallest absolute Gasteiger partial charge is 0.240 e. The molecule has 0 fully saturated rings. The quantitative estimate of drug-likeness (QED) is 0.383. The summed E-state index contributed by atoms with van der Waals surface area (Å²) in [6, 6.07) is 13.0. The molecule has 4 rings (SSSR count). The fraction of sp³-hybridized carbons (Fsp3) is 0.414. The number of carbonyl (C=O) groups is 2. The average molecular weight is 571 g/mol. The molecule has 0 unspecified atom stereocenters. The molecule has 2 amide bonds. The molecule has 1 aliphatic rings. The van der Waals surface area contributed by atoms with E-state index in [0.717, 1.165) is 23.2 Å². The topological polar surface area (TPSA) is 85.7 Å². The first-order valence-electron chi connectivity index (χ1n) is 12.9. The fourth-order valence-electron chi connectivity index (χ4n) is 4.62. The summed E-state index contributed by atoms with van der Waals surface area (Å²) in [6.07, 6.45) is 0.796. The van der Waals surface area contributed by atoms with Crippen molar-refractivity contribution in [1.82, 2.24) is 15.1 Å². The number of para-hydroxylation sites is 1. The normalized spacial score (nSPS) is 15.5. The van der Waals surface area contributed by atoms with Crippen molar-refractivity contribution in [3.8, 4) is 17.2 Å². The minimum Gasteiger partial charge on any atom is -0.497 e. The molecule has 1 aliphatic heterocycles. The van der Waals surface area contributed by atoms with E-state index in [2.05, 4.69) is 26.1 Å². The number of hydrogen-bond donors (Lipinski definition) is 1. The highest BCUT2D eigenvalue weighted by atomic mass is 35.5. The molecular weight excluding hydrogens is 536 g/mol. The maximum Gasteiger partial charge on any atom is 0.240 e. The Morgan fingerprint density at radius 3 is 2.56 bits per heavy atom. The number of nitrogens with one attached hydrogen (secondary N) is 1. The van der Waals surface area contributed by atoms with Crippen molar-refractivity contribution in [2.75, 3.05) is 38.0 Å². The molecule has 39 heavy (non-hydrogen) atoms. The molecule has 2 heterocycles. The lowest BCUT2D eigenvalue weighted by Gasteiger charge is -2.25. The third kappa shape index (κ3) is 5.89. The van der Waals surface area contributed by atoms with Crippen LogP contribution in [0.5, 0.6) is 11.5 Å². The Hall–Kier alpha value is -3.17. The Bertz CT molecular complexity index is 1370. The number of methoxy groups -OCH3 is 2. The first-order valence-corrected chi connectivity index (χ1v) is 14.3. The summed E-state index contributed by atoms with van der Waals surface area (Å²) >= 11 is 8.16. The van der Waals surface area contributed by atoms with Crippen LogP contribution in [0, 0.1) is 0 Å².